The smallest absolute Gasteiger partial charge is 0.320 e. The van der Waals surface area contributed by atoms with Gasteiger partial charge in [-0.1, -0.05) is 26.0 Å². The fourth-order valence-corrected chi connectivity index (χ4v) is 5.40. The molecule has 0 bridgehead atoms. The minimum Gasteiger partial charge on any atom is -0.320 e. The minimum atomic E-state index is -2.62. The van der Waals surface area contributed by atoms with E-state index in [2.05, 4.69) is 17.1 Å². The molecule has 8 nitrogen and oxygen atoms in total. The summed E-state index contributed by atoms with van der Waals surface area (Å²) in [6.07, 6.45) is 7.28. The summed E-state index contributed by atoms with van der Waals surface area (Å²) >= 11 is 0. The van der Waals surface area contributed by atoms with Crippen LogP contribution in [0, 0.1) is 5.92 Å². The summed E-state index contributed by atoms with van der Waals surface area (Å²) < 4.78 is 33.2. The first-order chi connectivity index (χ1) is 17.7. The monoisotopic (exact) mass is 507 g/mol. The van der Waals surface area contributed by atoms with Crippen LogP contribution in [0.2, 0.25) is 0 Å². The first-order valence-corrected chi connectivity index (χ1v) is 12.9. The second kappa shape index (κ2) is 8.86. The predicted octanol–water partition coefficient (Wildman–Crippen LogP) is 4.12. The lowest BCUT2D eigenvalue weighted by Gasteiger charge is -2.36. The number of piperidine rings is 1. The molecule has 0 N–H and O–H groups in total. The van der Waals surface area contributed by atoms with Crippen molar-refractivity contribution in [3.05, 3.63) is 76.2 Å². The summed E-state index contributed by atoms with van der Waals surface area (Å²) in [7, 11) is 1.92. The second-order valence-electron chi connectivity index (χ2n) is 10.7. The molecule has 194 valence electrons. The van der Waals surface area contributed by atoms with Gasteiger partial charge in [-0.25, -0.2) is 13.6 Å². The Bertz CT molecular complexity index is 1520. The lowest BCUT2D eigenvalue weighted by atomic mass is 9.95. The highest BCUT2D eigenvalue weighted by molar-refractivity contribution is 5.55. The Balaban J connectivity index is 1.36. The van der Waals surface area contributed by atoms with Crippen molar-refractivity contribution in [1.29, 1.82) is 0 Å². The summed E-state index contributed by atoms with van der Waals surface area (Å²) in [5.41, 5.74) is 4.12. The number of benzene rings is 1. The molecule has 6 rings (SSSR count). The van der Waals surface area contributed by atoms with E-state index in [9.17, 15) is 13.6 Å². The highest BCUT2D eigenvalue weighted by atomic mass is 19.3. The predicted molar refractivity (Wildman–Crippen MR) is 135 cm³/mol. The van der Waals surface area contributed by atoms with Crippen LogP contribution in [0.25, 0.3) is 11.2 Å². The third-order valence-corrected chi connectivity index (χ3v) is 7.87. The lowest BCUT2D eigenvalue weighted by molar-refractivity contribution is -0.100. The average molecular weight is 508 g/mol. The quantitative estimate of drug-likeness (QED) is 0.393. The molecule has 1 saturated heterocycles. The van der Waals surface area contributed by atoms with Crippen molar-refractivity contribution in [1.82, 2.24) is 33.6 Å². The van der Waals surface area contributed by atoms with E-state index in [0.29, 0.717) is 25.6 Å². The third-order valence-electron chi connectivity index (χ3n) is 7.87. The van der Waals surface area contributed by atoms with Crippen molar-refractivity contribution in [3.63, 3.8) is 0 Å². The van der Waals surface area contributed by atoms with Gasteiger partial charge in [0.1, 0.15) is 12.2 Å². The number of rotatable bonds is 6. The molecular weight excluding hydrogens is 476 g/mol. The fourth-order valence-electron chi connectivity index (χ4n) is 5.40. The number of alkyl halides is 2. The second-order valence-corrected chi connectivity index (χ2v) is 10.7. The zero-order chi connectivity index (χ0) is 25.9. The number of aromatic nitrogens is 6. The van der Waals surface area contributed by atoms with Gasteiger partial charge in [0.25, 0.3) is 5.92 Å². The Hall–Kier alpha value is -3.40. The fraction of sp³-hybridized carbons (Fsp3) is 0.481. The Kier molecular flexibility index (Phi) is 5.74. The van der Waals surface area contributed by atoms with Crippen molar-refractivity contribution in [2.24, 2.45) is 13.0 Å². The number of hydrogen-bond acceptors (Lipinski definition) is 5. The summed E-state index contributed by atoms with van der Waals surface area (Å²) in [4.78, 5) is 20.6. The lowest BCUT2D eigenvalue weighted by Crippen LogP contribution is -2.45. The molecule has 2 fully saturated rings. The average Bonchev–Trinajstić information content (AvgIpc) is 3.56. The highest BCUT2D eigenvalue weighted by Gasteiger charge is 2.41. The number of likely N-dealkylation sites (tertiary alicyclic amines) is 1. The summed E-state index contributed by atoms with van der Waals surface area (Å²) in [6, 6.07) is 7.92. The van der Waals surface area contributed by atoms with Crippen molar-refractivity contribution in [3.8, 4) is 5.69 Å². The van der Waals surface area contributed by atoms with Gasteiger partial charge >= 0.3 is 5.69 Å². The SMILES string of the molecule is C[C@@H](c1cccc(-n2cc3c(C4CC4)nc(CN4CCC(F)(F)[C@H](C)C4)cn3c2=O)c1)c1nncn1C. The molecule has 37 heavy (non-hydrogen) atoms. The van der Waals surface area contributed by atoms with E-state index in [1.54, 1.807) is 28.4 Å². The van der Waals surface area contributed by atoms with Gasteiger partial charge in [-0.05, 0) is 30.5 Å². The molecule has 1 aliphatic heterocycles. The van der Waals surface area contributed by atoms with E-state index in [0.717, 1.165) is 46.8 Å². The molecule has 10 heteroatoms. The number of halogens is 2. The molecule has 1 aliphatic carbocycles. The Morgan fingerprint density at radius 3 is 2.73 bits per heavy atom. The van der Waals surface area contributed by atoms with Gasteiger partial charge in [0.15, 0.2) is 0 Å². The van der Waals surface area contributed by atoms with Crippen LogP contribution < -0.4 is 5.69 Å². The van der Waals surface area contributed by atoms with E-state index < -0.39 is 11.8 Å². The summed E-state index contributed by atoms with van der Waals surface area (Å²) in [5, 5.41) is 8.23. The number of fused-ring (bicyclic) bond motifs is 1. The standard InChI is InChI=1S/C27H31F2N7O/c1-17-12-34(10-9-27(17,28)29)13-21-14-36-23(24(31-21)19-7-8-19)15-35(26(36)37)22-6-4-5-20(11-22)18(2)25-32-30-16-33(25)3/h4-6,11,14-19H,7-10,12-13H2,1-3H3/t17-,18+/m1/s1. The van der Waals surface area contributed by atoms with Gasteiger partial charge in [0.05, 0.1) is 22.6 Å². The zero-order valence-corrected chi connectivity index (χ0v) is 21.3. The molecule has 1 saturated carbocycles. The van der Waals surface area contributed by atoms with Crippen molar-refractivity contribution in [2.75, 3.05) is 13.1 Å². The van der Waals surface area contributed by atoms with E-state index in [-0.39, 0.29) is 18.0 Å². The Morgan fingerprint density at radius 1 is 1.22 bits per heavy atom. The van der Waals surface area contributed by atoms with E-state index in [1.165, 1.54) is 0 Å². The van der Waals surface area contributed by atoms with Crippen molar-refractivity contribution in [2.45, 2.75) is 57.4 Å². The van der Waals surface area contributed by atoms with E-state index in [1.807, 2.05) is 47.0 Å². The highest BCUT2D eigenvalue weighted by Crippen LogP contribution is 2.41. The maximum absolute atomic E-state index is 14.0. The van der Waals surface area contributed by atoms with Gasteiger partial charge in [-0.2, -0.15) is 0 Å². The largest absolute Gasteiger partial charge is 0.337 e. The van der Waals surface area contributed by atoms with E-state index >= 15 is 0 Å². The van der Waals surface area contributed by atoms with Gasteiger partial charge in [-0.15, -0.1) is 10.2 Å². The molecule has 0 amide bonds. The molecule has 4 heterocycles. The van der Waals surface area contributed by atoms with Gasteiger partial charge in [0, 0.05) is 63.3 Å². The summed E-state index contributed by atoms with van der Waals surface area (Å²) in [6.45, 7) is 4.77. The van der Waals surface area contributed by atoms with Gasteiger partial charge in [0.2, 0.25) is 0 Å². The molecule has 0 unspecified atom stereocenters. The van der Waals surface area contributed by atoms with Gasteiger partial charge < -0.3 is 4.57 Å². The molecule has 4 aromatic rings. The minimum absolute atomic E-state index is 0.00906. The Morgan fingerprint density at radius 2 is 2.03 bits per heavy atom. The molecule has 3 aromatic heterocycles. The zero-order valence-electron chi connectivity index (χ0n) is 21.3. The number of nitrogens with zero attached hydrogens (tertiary/aromatic N) is 7. The first kappa shape index (κ1) is 24.0. The van der Waals surface area contributed by atoms with Crippen LogP contribution in [0.1, 0.15) is 67.7 Å². The maximum atomic E-state index is 14.0. The van der Waals surface area contributed by atoms with Crippen LogP contribution in [0.4, 0.5) is 8.78 Å². The number of imidazole rings is 1. The van der Waals surface area contributed by atoms with Crippen molar-refractivity contribution < 1.29 is 8.78 Å². The van der Waals surface area contributed by atoms with Crippen LogP contribution >= 0.6 is 0 Å². The van der Waals surface area contributed by atoms with Crippen LogP contribution in [-0.4, -0.2) is 52.6 Å². The molecule has 0 radical (unpaired) electrons. The third kappa shape index (κ3) is 4.37. The van der Waals surface area contributed by atoms with Crippen LogP contribution in [0.5, 0.6) is 0 Å². The Labute approximate surface area is 213 Å². The number of aryl methyl sites for hydroxylation is 1. The molecular formula is C27H31F2N7O. The summed E-state index contributed by atoms with van der Waals surface area (Å²) in [5.74, 6) is -2.14. The van der Waals surface area contributed by atoms with E-state index in [4.69, 9.17) is 4.98 Å². The van der Waals surface area contributed by atoms with Gasteiger partial charge in [-0.3, -0.25) is 18.9 Å². The van der Waals surface area contributed by atoms with Crippen molar-refractivity contribution >= 4 is 5.52 Å². The normalized spacial score (nSPS) is 20.9. The maximum Gasteiger partial charge on any atom is 0.337 e. The van der Waals surface area contributed by atoms with Crippen LogP contribution in [-0.2, 0) is 13.6 Å². The molecule has 0 spiro atoms. The first-order valence-electron chi connectivity index (χ1n) is 12.9. The molecule has 1 aromatic carbocycles. The van der Waals surface area contributed by atoms with Crippen LogP contribution in [0.15, 0.2) is 47.8 Å². The molecule has 2 aliphatic rings. The van der Waals surface area contributed by atoms with Crippen LogP contribution in [0.3, 0.4) is 0 Å². The number of hydrogen-bond donors (Lipinski definition) is 0. The topological polar surface area (TPSA) is 73.2 Å². The molecule has 2 atom stereocenters.